The normalized spacial score (nSPS) is 11.0. The molecular formula is C18H18O3. The van der Waals surface area contributed by atoms with Gasteiger partial charge in [0.15, 0.2) is 17.3 Å². The van der Waals surface area contributed by atoms with E-state index in [2.05, 4.69) is 0 Å². The molecular weight excluding hydrogens is 264 g/mol. The number of benzene rings is 2. The first-order valence-electron chi connectivity index (χ1n) is 6.70. The summed E-state index contributed by atoms with van der Waals surface area (Å²) in [4.78, 5) is 12.3. The third-order valence-electron chi connectivity index (χ3n) is 3.35. The number of aryl methyl sites for hydroxylation is 3. The van der Waals surface area contributed by atoms with Crippen molar-refractivity contribution < 1.29 is 15.0 Å². The molecule has 0 fully saturated rings. The smallest absolute Gasteiger partial charge is 0.186 e. The lowest BCUT2D eigenvalue weighted by molar-refractivity contribution is 0.104. The Bertz CT molecular complexity index is 704. The average molecular weight is 282 g/mol. The van der Waals surface area contributed by atoms with Gasteiger partial charge < -0.3 is 10.2 Å². The lowest BCUT2D eigenvalue weighted by Crippen LogP contribution is -2.02. The number of phenolic OH excluding ortho intramolecular Hbond substituents is 2. The van der Waals surface area contributed by atoms with Crippen LogP contribution in [-0.2, 0) is 0 Å². The number of carbonyl (C=O) groups is 1. The van der Waals surface area contributed by atoms with Gasteiger partial charge in [0, 0.05) is 5.56 Å². The number of hydrogen-bond acceptors (Lipinski definition) is 3. The Hall–Kier alpha value is -2.55. The summed E-state index contributed by atoms with van der Waals surface area (Å²) in [6.45, 7) is 5.85. The molecule has 0 aliphatic carbocycles. The molecule has 0 aromatic heterocycles. The van der Waals surface area contributed by atoms with Crippen molar-refractivity contribution in [2.45, 2.75) is 20.8 Å². The van der Waals surface area contributed by atoms with Crippen molar-refractivity contribution in [3.8, 4) is 11.5 Å². The Labute approximate surface area is 124 Å². The Morgan fingerprint density at radius 2 is 1.57 bits per heavy atom. The van der Waals surface area contributed by atoms with Gasteiger partial charge in [-0.3, -0.25) is 4.79 Å². The number of phenols is 2. The van der Waals surface area contributed by atoms with Crippen molar-refractivity contribution in [2.75, 3.05) is 0 Å². The third-order valence-corrected chi connectivity index (χ3v) is 3.35. The third kappa shape index (κ3) is 3.31. The molecule has 0 bridgehead atoms. The predicted molar refractivity (Wildman–Crippen MR) is 83.8 cm³/mol. The van der Waals surface area contributed by atoms with Crippen LogP contribution >= 0.6 is 0 Å². The maximum absolute atomic E-state index is 12.3. The van der Waals surface area contributed by atoms with Crippen LogP contribution in [0.5, 0.6) is 11.5 Å². The fourth-order valence-corrected chi connectivity index (χ4v) is 2.47. The van der Waals surface area contributed by atoms with Gasteiger partial charge in [0.25, 0.3) is 0 Å². The fraction of sp³-hybridized carbons (Fsp3) is 0.167. The van der Waals surface area contributed by atoms with Gasteiger partial charge in [0.1, 0.15) is 0 Å². The quantitative estimate of drug-likeness (QED) is 0.509. The molecule has 0 unspecified atom stereocenters. The second kappa shape index (κ2) is 5.83. The topological polar surface area (TPSA) is 57.5 Å². The summed E-state index contributed by atoms with van der Waals surface area (Å²) in [5, 5.41) is 18.7. The molecule has 0 atom stereocenters. The zero-order valence-electron chi connectivity index (χ0n) is 12.3. The van der Waals surface area contributed by atoms with Gasteiger partial charge >= 0.3 is 0 Å². The molecule has 0 radical (unpaired) electrons. The first kappa shape index (κ1) is 14.9. The van der Waals surface area contributed by atoms with E-state index in [0.29, 0.717) is 11.1 Å². The standard InChI is InChI=1S/C18H18O3/c1-11-8-12(2)18(13(3)9-11)16(20)7-5-14-4-6-15(19)17(21)10-14/h4-10,19,21H,1-3H3. The van der Waals surface area contributed by atoms with Gasteiger partial charge in [-0.15, -0.1) is 0 Å². The molecule has 2 N–H and O–H groups in total. The molecule has 0 saturated carbocycles. The van der Waals surface area contributed by atoms with Crippen LogP contribution in [0.3, 0.4) is 0 Å². The number of allylic oxidation sites excluding steroid dienone is 1. The molecule has 0 amide bonds. The first-order valence-corrected chi connectivity index (χ1v) is 6.70. The maximum Gasteiger partial charge on any atom is 0.186 e. The lowest BCUT2D eigenvalue weighted by atomic mass is 9.96. The summed E-state index contributed by atoms with van der Waals surface area (Å²) in [5.74, 6) is -0.450. The van der Waals surface area contributed by atoms with E-state index in [0.717, 1.165) is 16.7 Å². The van der Waals surface area contributed by atoms with Crippen molar-refractivity contribution >= 4 is 11.9 Å². The van der Waals surface area contributed by atoms with E-state index < -0.39 is 0 Å². The number of hydrogen-bond donors (Lipinski definition) is 2. The molecule has 0 spiro atoms. The molecule has 21 heavy (non-hydrogen) atoms. The minimum Gasteiger partial charge on any atom is -0.504 e. The van der Waals surface area contributed by atoms with Crippen molar-refractivity contribution in [1.29, 1.82) is 0 Å². The highest BCUT2D eigenvalue weighted by molar-refractivity contribution is 6.08. The molecule has 0 aliphatic heterocycles. The van der Waals surface area contributed by atoms with Gasteiger partial charge in [-0.2, -0.15) is 0 Å². The number of rotatable bonds is 3. The highest BCUT2D eigenvalue weighted by Gasteiger charge is 2.10. The second-order valence-electron chi connectivity index (χ2n) is 5.22. The van der Waals surface area contributed by atoms with Crippen LogP contribution in [0.2, 0.25) is 0 Å². The predicted octanol–water partition coefficient (Wildman–Crippen LogP) is 3.92. The molecule has 108 valence electrons. The monoisotopic (exact) mass is 282 g/mol. The van der Waals surface area contributed by atoms with Gasteiger partial charge in [0.2, 0.25) is 0 Å². The van der Waals surface area contributed by atoms with Gasteiger partial charge in [-0.1, -0.05) is 29.8 Å². The average Bonchev–Trinajstić information content (AvgIpc) is 2.39. The minimum absolute atomic E-state index is 0.0717. The zero-order chi connectivity index (χ0) is 15.6. The Morgan fingerprint density at radius 3 is 2.14 bits per heavy atom. The van der Waals surface area contributed by atoms with Crippen molar-refractivity contribution in [1.82, 2.24) is 0 Å². The Kier molecular flexibility index (Phi) is 4.13. The van der Waals surface area contributed by atoms with E-state index in [4.69, 9.17) is 0 Å². The van der Waals surface area contributed by atoms with Gasteiger partial charge in [-0.05, 0) is 55.7 Å². The van der Waals surface area contributed by atoms with Gasteiger partial charge in [-0.25, -0.2) is 0 Å². The summed E-state index contributed by atoms with van der Waals surface area (Å²) in [6, 6.07) is 8.41. The van der Waals surface area contributed by atoms with Crippen LogP contribution in [0.15, 0.2) is 36.4 Å². The molecule has 2 aromatic carbocycles. The number of aromatic hydroxyl groups is 2. The first-order chi connectivity index (χ1) is 9.88. The van der Waals surface area contributed by atoms with Crippen molar-refractivity contribution in [2.24, 2.45) is 0 Å². The highest BCUT2D eigenvalue weighted by Crippen LogP contribution is 2.25. The highest BCUT2D eigenvalue weighted by atomic mass is 16.3. The van der Waals surface area contributed by atoms with Crippen LogP contribution in [0.1, 0.15) is 32.6 Å². The largest absolute Gasteiger partial charge is 0.504 e. The maximum atomic E-state index is 12.3. The Balaban J connectivity index is 2.29. The van der Waals surface area contributed by atoms with Crippen LogP contribution in [0, 0.1) is 20.8 Å². The molecule has 3 nitrogen and oxygen atoms in total. The molecule has 3 heteroatoms. The molecule has 2 rings (SSSR count). The number of carbonyl (C=O) groups excluding carboxylic acids is 1. The van der Waals surface area contributed by atoms with Crippen LogP contribution in [-0.4, -0.2) is 16.0 Å². The fourth-order valence-electron chi connectivity index (χ4n) is 2.47. The zero-order valence-corrected chi connectivity index (χ0v) is 12.3. The summed E-state index contributed by atoms with van der Waals surface area (Å²) in [5.41, 5.74) is 4.40. The van der Waals surface area contributed by atoms with Crippen molar-refractivity contribution in [3.05, 3.63) is 64.2 Å². The van der Waals surface area contributed by atoms with E-state index in [1.807, 2.05) is 32.9 Å². The molecule has 0 aliphatic rings. The lowest BCUT2D eigenvalue weighted by Gasteiger charge is -2.08. The molecule has 0 heterocycles. The van der Waals surface area contributed by atoms with Crippen molar-refractivity contribution in [3.63, 3.8) is 0 Å². The minimum atomic E-state index is -0.202. The van der Waals surface area contributed by atoms with E-state index in [1.54, 1.807) is 12.1 Å². The molecule has 2 aromatic rings. The summed E-state index contributed by atoms with van der Waals surface area (Å²) < 4.78 is 0. The molecule has 0 saturated heterocycles. The van der Waals surface area contributed by atoms with Gasteiger partial charge in [0.05, 0.1) is 0 Å². The Morgan fingerprint density at radius 1 is 0.952 bits per heavy atom. The number of ketones is 1. The summed E-state index contributed by atoms with van der Waals surface area (Å²) in [6.07, 6.45) is 3.11. The van der Waals surface area contributed by atoms with Crippen LogP contribution in [0.25, 0.3) is 6.08 Å². The van der Waals surface area contributed by atoms with Crippen LogP contribution in [0.4, 0.5) is 0 Å². The summed E-state index contributed by atoms with van der Waals surface area (Å²) in [7, 11) is 0. The van der Waals surface area contributed by atoms with E-state index in [-0.39, 0.29) is 17.3 Å². The van der Waals surface area contributed by atoms with E-state index >= 15 is 0 Å². The summed E-state index contributed by atoms with van der Waals surface area (Å²) >= 11 is 0. The SMILES string of the molecule is Cc1cc(C)c(C(=O)C=Cc2ccc(O)c(O)c2)c(C)c1. The van der Waals surface area contributed by atoms with E-state index in [9.17, 15) is 15.0 Å². The van der Waals surface area contributed by atoms with E-state index in [1.165, 1.54) is 18.2 Å². The second-order valence-corrected chi connectivity index (χ2v) is 5.22. The van der Waals surface area contributed by atoms with Crippen LogP contribution < -0.4 is 0 Å².